The number of esters is 1. The van der Waals surface area contributed by atoms with Crippen LogP contribution >= 0.6 is 0 Å². The maximum Gasteiger partial charge on any atom is 0.416 e. The Hall–Kier alpha value is -2.34. The molecule has 0 saturated carbocycles. The smallest absolute Gasteiger partial charge is 0.416 e. The van der Waals surface area contributed by atoms with E-state index in [1.807, 2.05) is 30.3 Å². The highest BCUT2D eigenvalue weighted by Gasteiger charge is 2.32. The number of hydrogen-bond acceptors (Lipinski definition) is 3. The van der Waals surface area contributed by atoms with Crippen molar-refractivity contribution in [3.63, 3.8) is 0 Å². The van der Waals surface area contributed by atoms with Crippen molar-refractivity contribution in [2.45, 2.75) is 24.6 Å². The van der Waals surface area contributed by atoms with Crippen LogP contribution in [0.2, 0.25) is 0 Å². The van der Waals surface area contributed by atoms with E-state index in [2.05, 4.69) is 5.32 Å². The Bertz CT molecular complexity index is 714. The number of nitrogens with one attached hydrogen (secondary N) is 1. The summed E-state index contributed by atoms with van der Waals surface area (Å²) in [7, 11) is 0. The van der Waals surface area contributed by atoms with Gasteiger partial charge in [-0.2, -0.15) is 13.2 Å². The summed E-state index contributed by atoms with van der Waals surface area (Å²) in [5.74, 6) is -0.538. The molecule has 6 heteroatoms. The Morgan fingerprint density at radius 1 is 1.04 bits per heavy atom. The molecule has 0 spiro atoms. The first-order valence-corrected chi connectivity index (χ1v) is 8.09. The zero-order valence-electron chi connectivity index (χ0n) is 13.4. The van der Waals surface area contributed by atoms with Crippen molar-refractivity contribution >= 4 is 5.97 Å². The highest BCUT2D eigenvalue weighted by atomic mass is 19.4. The molecular weight excluding hydrogens is 331 g/mol. The fourth-order valence-corrected chi connectivity index (χ4v) is 3.04. The van der Waals surface area contributed by atoms with E-state index in [9.17, 15) is 18.0 Å². The van der Waals surface area contributed by atoms with Crippen molar-refractivity contribution in [1.82, 2.24) is 5.32 Å². The maximum atomic E-state index is 12.6. The third-order valence-electron chi connectivity index (χ3n) is 4.36. The maximum absolute atomic E-state index is 12.6. The van der Waals surface area contributed by atoms with E-state index in [1.54, 1.807) is 0 Å². The fourth-order valence-electron chi connectivity index (χ4n) is 3.04. The summed E-state index contributed by atoms with van der Waals surface area (Å²) in [6.45, 7) is 1.35. The first-order valence-electron chi connectivity index (χ1n) is 8.09. The van der Waals surface area contributed by atoms with E-state index >= 15 is 0 Å². The minimum absolute atomic E-state index is 0.0702. The number of ether oxygens (including phenoxy) is 1. The number of benzene rings is 2. The van der Waals surface area contributed by atoms with E-state index in [1.165, 1.54) is 0 Å². The van der Waals surface area contributed by atoms with Crippen LogP contribution in [0.4, 0.5) is 13.2 Å². The summed E-state index contributed by atoms with van der Waals surface area (Å²) in [4.78, 5) is 12.3. The van der Waals surface area contributed by atoms with Crippen molar-refractivity contribution in [3.05, 3.63) is 71.3 Å². The molecule has 3 nitrogen and oxygen atoms in total. The molecule has 3 rings (SSSR count). The second-order valence-corrected chi connectivity index (χ2v) is 6.03. The molecule has 0 radical (unpaired) electrons. The Labute approximate surface area is 143 Å². The van der Waals surface area contributed by atoms with Gasteiger partial charge in [-0.1, -0.05) is 30.3 Å². The number of hydrogen-bond donors (Lipinski definition) is 1. The molecule has 0 bridgehead atoms. The molecule has 1 aliphatic rings. The molecule has 0 aromatic heterocycles. The number of carbonyl (C=O) groups excluding carboxylic acids is 1. The average Bonchev–Trinajstić information content (AvgIpc) is 2.62. The highest BCUT2D eigenvalue weighted by Crippen LogP contribution is 2.30. The van der Waals surface area contributed by atoms with Gasteiger partial charge in [0.05, 0.1) is 11.1 Å². The topological polar surface area (TPSA) is 38.3 Å². The molecule has 132 valence electrons. The minimum Gasteiger partial charge on any atom is -0.457 e. The molecule has 0 unspecified atom stereocenters. The van der Waals surface area contributed by atoms with Gasteiger partial charge in [0.15, 0.2) is 0 Å². The quantitative estimate of drug-likeness (QED) is 0.851. The second kappa shape index (κ2) is 7.27. The molecule has 2 aromatic carbocycles. The molecule has 2 atom stereocenters. The van der Waals surface area contributed by atoms with Gasteiger partial charge in [0.1, 0.15) is 6.10 Å². The first kappa shape index (κ1) is 17.5. The third kappa shape index (κ3) is 4.20. The summed E-state index contributed by atoms with van der Waals surface area (Å²) in [6.07, 6.45) is -3.95. The van der Waals surface area contributed by atoms with E-state index in [0.717, 1.165) is 42.8 Å². The van der Waals surface area contributed by atoms with Gasteiger partial charge >= 0.3 is 12.1 Å². The van der Waals surface area contributed by atoms with Crippen LogP contribution in [0.5, 0.6) is 0 Å². The van der Waals surface area contributed by atoms with E-state index in [4.69, 9.17) is 4.74 Å². The van der Waals surface area contributed by atoms with Gasteiger partial charge in [0, 0.05) is 12.5 Å². The zero-order valence-corrected chi connectivity index (χ0v) is 13.4. The highest BCUT2D eigenvalue weighted by molar-refractivity contribution is 5.89. The molecule has 1 N–H and O–H groups in total. The van der Waals surface area contributed by atoms with Crippen molar-refractivity contribution in [2.75, 3.05) is 13.1 Å². The monoisotopic (exact) mass is 349 g/mol. The van der Waals surface area contributed by atoms with Gasteiger partial charge < -0.3 is 10.1 Å². The summed E-state index contributed by atoms with van der Waals surface area (Å²) in [6, 6.07) is 13.9. The van der Waals surface area contributed by atoms with Crippen LogP contribution in [0, 0.1) is 0 Å². The summed E-state index contributed by atoms with van der Waals surface area (Å²) >= 11 is 0. The Morgan fingerprint density at radius 3 is 2.36 bits per heavy atom. The predicted octanol–water partition coefficient (Wildman–Crippen LogP) is 4.01. The number of rotatable bonds is 3. The number of piperidine rings is 1. The van der Waals surface area contributed by atoms with Gasteiger partial charge in [-0.15, -0.1) is 0 Å². The molecule has 1 saturated heterocycles. The number of alkyl halides is 3. The molecular formula is C19H18F3NO2. The largest absolute Gasteiger partial charge is 0.457 e. The molecule has 1 aliphatic heterocycles. The lowest BCUT2D eigenvalue weighted by atomic mass is 9.88. The molecule has 25 heavy (non-hydrogen) atoms. The van der Waals surface area contributed by atoms with Crippen molar-refractivity contribution in [2.24, 2.45) is 0 Å². The van der Waals surface area contributed by atoms with Crippen LogP contribution < -0.4 is 5.32 Å². The minimum atomic E-state index is -4.42. The van der Waals surface area contributed by atoms with E-state index < -0.39 is 17.7 Å². The van der Waals surface area contributed by atoms with E-state index in [-0.39, 0.29) is 17.6 Å². The molecule has 0 aliphatic carbocycles. The Balaban J connectivity index is 1.72. The fraction of sp³-hybridized carbons (Fsp3) is 0.316. The van der Waals surface area contributed by atoms with Crippen LogP contribution in [0.15, 0.2) is 54.6 Å². The lowest BCUT2D eigenvalue weighted by molar-refractivity contribution is -0.137. The van der Waals surface area contributed by atoms with Crippen LogP contribution in [0.3, 0.4) is 0 Å². The van der Waals surface area contributed by atoms with E-state index in [0.29, 0.717) is 6.54 Å². The van der Waals surface area contributed by atoms with Gasteiger partial charge in [-0.25, -0.2) is 4.79 Å². The van der Waals surface area contributed by atoms with Gasteiger partial charge in [0.25, 0.3) is 0 Å². The summed E-state index contributed by atoms with van der Waals surface area (Å²) in [5, 5.41) is 3.19. The third-order valence-corrected chi connectivity index (χ3v) is 4.36. The molecule has 0 amide bonds. The van der Waals surface area contributed by atoms with Crippen LogP contribution in [0.1, 0.15) is 33.8 Å². The van der Waals surface area contributed by atoms with Crippen molar-refractivity contribution < 1.29 is 22.7 Å². The molecule has 1 fully saturated rings. The second-order valence-electron chi connectivity index (χ2n) is 6.03. The lowest BCUT2D eigenvalue weighted by Gasteiger charge is -2.32. The average molecular weight is 349 g/mol. The predicted molar refractivity (Wildman–Crippen MR) is 87.3 cm³/mol. The SMILES string of the molecule is O=C(O[C@H]1CNCC[C@@H]1c1ccccc1)c1ccc(C(F)(F)F)cc1. The Morgan fingerprint density at radius 2 is 1.72 bits per heavy atom. The zero-order chi connectivity index (χ0) is 17.9. The first-order chi connectivity index (χ1) is 11.9. The van der Waals surface area contributed by atoms with Crippen LogP contribution in [-0.4, -0.2) is 25.2 Å². The summed E-state index contributed by atoms with van der Waals surface area (Å²) in [5.41, 5.74) is 0.421. The standard InChI is InChI=1S/C19H18F3NO2/c20-19(21,22)15-8-6-14(7-9-15)18(24)25-17-12-23-11-10-16(17)13-4-2-1-3-5-13/h1-9,16-17,23H,10-12H2/t16-,17+/m1/s1. The molecule has 1 heterocycles. The molecule has 2 aromatic rings. The normalized spacial score (nSPS) is 20.9. The summed E-state index contributed by atoms with van der Waals surface area (Å²) < 4.78 is 43.4. The Kier molecular flexibility index (Phi) is 5.08. The lowest BCUT2D eigenvalue weighted by Crippen LogP contribution is -2.42. The van der Waals surface area contributed by atoms with Crippen molar-refractivity contribution in [1.29, 1.82) is 0 Å². The van der Waals surface area contributed by atoms with Gasteiger partial charge in [-0.05, 0) is 42.8 Å². The number of halogens is 3. The van der Waals surface area contributed by atoms with Crippen molar-refractivity contribution in [3.8, 4) is 0 Å². The van der Waals surface area contributed by atoms with Crippen LogP contribution in [0.25, 0.3) is 0 Å². The van der Waals surface area contributed by atoms with Gasteiger partial charge in [-0.3, -0.25) is 0 Å². The van der Waals surface area contributed by atoms with Gasteiger partial charge in [0.2, 0.25) is 0 Å². The van der Waals surface area contributed by atoms with Crippen LogP contribution in [-0.2, 0) is 10.9 Å². The number of carbonyl (C=O) groups is 1.